The maximum atomic E-state index is 13.5. The topological polar surface area (TPSA) is 78.4 Å². The van der Waals surface area contributed by atoms with Crippen LogP contribution < -0.4 is 10.6 Å². The monoisotopic (exact) mass is 298 g/mol. The van der Waals surface area contributed by atoms with E-state index in [-0.39, 0.29) is 17.1 Å². The molecule has 3 N–H and O–H groups in total. The fourth-order valence-corrected chi connectivity index (χ4v) is 2.13. The van der Waals surface area contributed by atoms with Gasteiger partial charge in [0.1, 0.15) is 5.82 Å². The zero-order valence-electron chi connectivity index (χ0n) is 10.3. The summed E-state index contributed by atoms with van der Waals surface area (Å²) in [6, 6.07) is 3.02. The van der Waals surface area contributed by atoms with Gasteiger partial charge in [-0.1, -0.05) is 29.8 Å². The maximum absolute atomic E-state index is 13.5. The summed E-state index contributed by atoms with van der Waals surface area (Å²) in [6.07, 6.45) is 3.39. The van der Waals surface area contributed by atoms with Crippen LogP contribution in [0.2, 0.25) is 5.02 Å². The van der Waals surface area contributed by atoms with Crippen LogP contribution in [0, 0.1) is 11.7 Å². The molecule has 106 valence electrons. The van der Waals surface area contributed by atoms with Crippen molar-refractivity contribution in [2.24, 2.45) is 5.92 Å². The molecule has 20 heavy (non-hydrogen) atoms. The molecule has 1 aliphatic rings. The smallest absolute Gasteiger partial charge is 0.319 e. The van der Waals surface area contributed by atoms with Crippen molar-refractivity contribution in [1.29, 1.82) is 0 Å². The summed E-state index contributed by atoms with van der Waals surface area (Å²) in [7, 11) is 0. The van der Waals surface area contributed by atoms with Crippen molar-refractivity contribution in [3.63, 3.8) is 0 Å². The number of carbonyl (C=O) groups is 2. The van der Waals surface area contributed by atoms with Gasteiger partial charge in [0.25, 0.3) is 0 Å². The Morgan fingerprint density at radius 2 is 2.10 bits per heavy atom. The lowest BCUT2D eigenvalue weighted by Crippen LogP contribution is -2.36. The van der Waals surface area contributed by atoms with Crippen LogP contribution in [-0.2, 0) is 4.79 Å². The largest absolute Gasteiger partial charge is 0.481 e. The molecule has 0 heterocycles. The molecule has 0 saturated heterocycles. The van der Waals surface area contributed by atoms with Gasteiger partial charge in [-0.2, -0.15) is 0 Å². The van der Waals surface area contributed by atoms with Crippen molar-refractivity contribution in [2.45, 2.75) is 12.5 Å². The standard InChI is InChI=1S/C13H12ClFN2O3/c14-9-2-1-3-10(15)11(9)17-13(20)16-8-5-4-7(6-8)12(18)19/h1-5,7-8H,6H2,(H,18,19)(H2,16,17,20). The van der Waals surface area contributed by atoms with Crippen LogP contribution in [0.1, 0.15) is 6.42 Å². The first-order valence-corrected chi connectivity index (χ1v) is 6.28. The van der Waals surface area contributed by atoms with E-state index in [4.69, 9.17) is 16.7 Å². The summed E-state index contributed by atoms with van der Waals surface area (Å²) in [5, 5.41) is 13.8. The fraction of sp³-hybridized carbons (Fsp3) is 0.231. The average Bonchev–Trinajstić information content (AvgIpc) is 2.82. The second-order valence-electron chi connectivity index (χ2n) is 4.37. The van der Waals surface area contributed by atoms with E-state index >= 15 is 0 Å². The number of nitrogens with one attached hydrogen (secondary N) is 2. The number of anilines is 1. The summed E-state index contributed by atoms with van der Waals surface area (Å²) in [5.74, 6) is -2.20. The highest BCUT2D eigenvalue weighted by molar-refractivity contribution is 6.33. The molecular formula is C13H12ClFN2O3. The molecule has 1 aliphatic carbocycles. The minimum Gasteiger partial charge on any atom is -0.481 e. The molecule has 0 radical (unpaired) electrons. The number of halogens is 2. The van der Waals surface area contributed by atoms with Crippen LogP contribution in [0.4, 0.5) is 14.9 Å². The summed E-state index contributed by atoms with van der Waals surface area (Å²) < 4.78 is 13.5. The van der Waals surface area contributed by atoms with Crippen LogP contribution >= 0.6 is 11.6 Å². The number of amides is 2. The van der Waals surface area contributed by atoms with Crippen molar-refractivity contribution >= 4 is 29.3 Å². The number of carbonyl (C=O) groups excluding carboxylic acids is 1. The van der Waals surface area contributed by atoms with Gasteiger partial charge in [0.2, 0.25) is 0 Å². The van der Waals surface area contributed by atoms with Crippen LogP contribution in [0.5, 0.6) is 0 Å². The van der Waals surface area contributed by atoms with Crippen molar-refractivity contribution < 1.29 is 19.1 Å². The third kappa shape index (κ3) is 3.27. The average molecular weight is 299 g/mol. The van der Waals surface area contributed by atoms with Crippen LogP contribution in [0.3, 0.4) is 0 Å². The molecule has 0 aromatic heterocycles. The maximum Gasteiger partial charge on any atom is 0.319 e. The van der Waals surface area contributed by atoms with Crippen LogP contribution in [0.25, 0.3) is 0 Å². The zero-order chi connectivity index (χ0) is 14.7. The Labute approximate surface area is 119 Å². The van der Waals surface area contributed by atoms with E-state index in [0.29, 0.717) is 0 Å². The number of carboxylic acids is 1. The number of hydrogen-bond acceptors (Lipinski definition) is 2. The van der Waals surface area contributed by atoms with Gasteiger partial charge >= 0.3 is 12.0 Å². The number of rotatable bonds is 3. The quantitative estimate of drug-likeness (QED) is 0.751. The van der Waals surface area contributed by atoms with E-state index in [1.807, 2.05) is 0 Å². The second-order valence-corrected chi connectivity index (χ2v) is 4.77. The summed E-state index contributed by atoms with van der Waals surface area (Å²) in [5.41, 5.74) is -0.108. The first-order valence-electron chi connectivity index (χ1n) is 5.90. The van der Waals surface area contributed by atoms with Crippen LogP contribution in [0.15, 0.2) is 30.4 Å². The van der Waals surface area contributed by atoms with Gasteiger partial charge in [-0.05, 0) is 18.6 Å². The van der Waals surface area contributed by atoms with Gasteiger partial charge in [-0.25, -0.2) is 9.18 Å². The van der Waals surface area contributed by atoms with Gasteiger partial charge in [-0.15, -0.1) is 0 Å². The van der Waals surface area contributed by atoms with Gasteiger partial charge in [0, 0.05) is 0 Å². The third-order valence-electron chi connectivity index (χ3n) is 2.92. The van der Waals surface area contributed by atoms with Gasteiger partial charge in [0.05, 0.1) is 22.7 Å². The van der Waals surface area contributed by atoms with Crippen molar-refractivity contribution in [3.8, 4) is 0 Å². The molecule has 0 bridgehead atoms. The number of carboxylic acid groups (broad SMARTS) is 1. The predicted octanol–water partition coefficient (Wildman–Crippen LogP) is 2.63. The molecule has 1 aromatic carbocycles. The Kier molecular flexibility index (Phi) is 4.24. The van der Waals surface area contributed by atoms with Gasteiger partial charge < -0.3 is 15.7 Å². The van der Waals surface area contributed by atoms with E-state index in [9.17, 15) is 14.0 Å². The lowest BCUT2D eigenvalue weighted by atomic mass is 10.1. The molecule has 0 fully saturated rings. The Morgan fingerprint density at radius 3 is 2.70 bits per heavy atom. The number of urea groups is 1. The fourth-order valence-electron chi connectivity index (χ4n) is 1.92. The number of aliphatic carboxylic acids is 1. The molecule has 0 aliphatic heterocycles. The Balaban J connectivity index is 1.94. The van der Waals surface area contributed by atoms with Crippen molar-refractivity contribution in [2.75, 3.05) is 5.32 Å². The molecule has 0 saturated carbocycles. The lowest BCUT2D eigenvalue weighted by molar-refractivity contribution is -0.140. The third-order valence-corrected chi connectivity index (χ3v) is 3.23. The normalized spacial score (nSPS) is 20.7. The second kappa shape index (κ2) is 5.92. The SMILES string of the molecule is O=C(Nc1c(F)cccc1Cl)NC1C=CC(C(=O)O)C1. The first-order chi connectivity index (χ1) is 9.47. The Hall–Kier alpha value is -2.08. The van der Waals surface area contributed by atoms with Gasteiger partial charge in [0.15, 0.2) is 0 Å². The van der Waals surface area contributed by atoms with E-state index in [2.05, 4.69) is 10.6 Å². The predicted molar refractivity (Wildman–Crippen MR) is 72.2 cm³/mol. The van der Waals surface area contributed by atoms with Crippen molar-refractivity contribution in [3.05, 3.63) is 41.2 Å². The molecule has 2 amide bonds. The molecule has 0 spiro atoms. The minimum atomic E-state index is -0.942. The minimum absolute atomic E-state index is 0.0885. The van der Waals surface area contributed by atoms with E-state index in [0.717, 1.165) is 0 Å². The van der Waals surface area contributed by atoms with Crippen LogP contribution in [-0.4, -0.2) is 23.1 Å². The summed E-state index contributed by atoms with van der Waals surface area (Å²) in [6.45, 7) is 0. The lowest BCUT2D eigenvalue weighted by Gasteiger charge is -2.14. The first kappa shape index (κ1) is 14.3. The highest BCUT2D eigenvalue weighted by Gasteiger charge is 2.25. The van der Waals surface area contributed by atoms with Gasteiger partial charge in [-0.3, -0.25) is 4.79 Å². The van der Waals surface area contributed by atoms with Crippen molar-refractivity contribution in [1.82, 2.24) is 5.32 Å². The Morgan fingerprint density at radius 1 is 1.35 bits per heavy atom. The molecule has 2 unspecified atom stereocenters. The van der Waals surface area contributed by atoms with E-state index < -0.39 is 29.8 Å². The molecule has 2 atom stereocenters. The molecule has 1 aromatic rings. The number of hydrogen-bond donors (Lipinski definition) is 3. The number of benzene rings is 1. The summed E-state index contributed by atoms with van der Waals surface area (Å²) in [4.78, 5) is 22.5. The summed E-state index contributed by atoms with van der Waals surface area (Å²) >= 11 is 5.78. The molecule has 7 heteroatoms. The molecule has 2 rings (SSSR count). The van der Waals surface area contributed by atoms with E-state index in [1.54, 1.807) is 6.08 Å². The molecular weight excluding hydrogens is 287 g/mol. The zero-order valence-corrected chi connectivity index (χ0v) is 11.0. The Bertz CT molecular complexity index is 556. The van der Waals surface area contributed by atoms with E-state index in [1.165, 1.54) is 24.3 Å². The molecule has 5 nitrogen and oxygen atoms in total. The highest BCUT2D eigenvalue weighted by atomic mass is 35.5. The number of para-hydroxylation sites is 1. The highest BCUT2D eigenvalue weighted by Crippen LogP contribution is 2.24.